The molecule has 1 aromatic carbocycles. The van der Waals surface area contributed by atoms with Gasteiger partial charge in [0, 0.05) is 49.4 Å². The van der Waals surface area contributed by atoms with Gasteiger partial charge in [0.1, 0.15) is 0 Å². The van der Waals surface area contributed by atoms with E-state index in [4.69, 9.17) is 16.6 Å². The largest absolute Gasteiger partial charge is 0.368 e. The van der Waals surface area contributed by atoms with Crippen LogP contribution in [0.25, 0.3) is 0 Å². The average Bonchev–Trinajstić information content (AvgIpc) is 2.99. The quantitative estimate of drug-likeness (QED) is 0.485. The second-order valence-electron chi connectivity index (χ2n) is 8.31. The van der Waals surface area contributed by atoms with Gasteiger partial charge >= 0.3 is 0 Å². The van der Waals surface area contributed by atoms with E-state index < -0.39 is 0 Å². The number of halogens is 1. The number of nitrogens with zero attached hydrogens (tertiary/aromatic N) is 3. The number of rotatable bonds is 7. The zero-order chi connectivity index (χ0) is 22.4. The van der Waals surface area contributed by atoms with Crippen molar-refractivity contribution in [3.05, 3.63) is 58.8 Å². The minimum Gasteiger partial charge on any atom is -0.368 e. The van der Waals surface area contributed by atoms with E-state index in [2.05, 4.69) is 55.1 Å². The lowest BCUT2D eigenvalue weighted by Crippen LogP contribution is -2.44. The van der Waals surface area contributed by atoms with E-state index in [-0.39, 0.29) is 11.8 Å². The SMILES string of the molecule is CCC(=Nc1cc(N2CCN(C)CC2)c(Cl)cc1C)C(C)C1C=CC=CC=C1NC=O. The first-order valence-corrected chi connectivity index (χ1v) is 11.4. The van der Waals surface area contributed by atoms with Gasteiger partial charge in [0.15, 0.2) is 0 Å². The number of benzene rings is 1. The van der Waals surface area contributed by atoms with Crippen LogP contribution in [0, 0.1) is 18.8 Å². The van der Waals surface area contributed by atoms with Gasteiger partial charge in [-0.05, 0) is 44.2 Å². The van der Waals surface area contributed by atoms with E-state index >= 15 is 0 Å². The van der Waals surface area contributed by atoms with Crippen LogP contribution in [0.1, 0.15) is 25.8 Å². The fourth-order valence-electron chi connectivity index (χ4n) is 4.20. The van der Waals surface area contributed by atoms with Crippen LogP contribution < -0.4 is 10.2 Å². The highest BCUT2D eigenvalue weighted by Gasteiger charge is 2.24. The van der Waals surface area contributed by atoms with Crippen LogP contribution in [0.15, 0.2) is 53.2 Å². The van der Waals surface area contributed by atoms with Crippen LogP contribution in [0.3, 0.4) is 0 Å². The van der Waals surface area contributed by atoms with Crippen molar-refractivity contribution in [2.45, 2.75) is 27.2 Å². The minimum atomic E-state index is 0.0589. The number of amides is 1. The predicted octanol–water partition coefficient (Wildman–Crippen LogP) is 4.89. The monoisotopic (exact) mass is 440 g/mol. The second kappa shape index (κ2) is 10.8. The molecule has 5 nitrogen and oxygen atoms in total. The summed E-state index contributed by atoms with van der Waals surface area (Å²) < 4.78 is 0. The molecule has 1 N–H and O–H groups in total. The van der Waals surface area contributed by atoms with E-state index in [1.165, 1.54) is 0 Å². The lowest BCUT2D eigenvalue weighted by atomic mass is 9.85. The molecule has 1 aliphatic heterocycles. The number of aliphatic imine (C=N–C) groups is 1. The molecule has 1 heterocycles. The highest BCUT2D eigenvalue weighted by Crippen LogP contribution is 2.35. The summed E-state index contributed by atoms with van der Waals surface area (Å²) in [6.07, 6.45) is 11.6. The van der Waals surface area contributed by atoms with E-state index in [9.17, 15) is 4.79 Å². The topological polar surface area (TPSA) is 47.9 Å². The number of allylic oxidation sites excluding steroid dienone is 5. The summed E-state index contributed by atoms with van der Waals surface area (Å²) in [6.45, 7) is 10.4. The fourth-order valence-corrected chi connectivity index (χ4v) is 4.53. The number of nitrogens with one attached hydrogen (secondary N) is 1. The van der Waals surface area contributed by atoms with Gasteiger partial charge in [0.25, 0.3) is 0 Å². The number of aryl methyl sites for hydroxylation is 1. The molecule has 1 aromatic rings. The molecular weight excluding hydrogens is 408 g/mol. The molecule has 2 atom stereocenters. The maximum atomic E-state index is 11.1. The van der Waals surface area contributed by atoms with Crippen molar-refractivity contribution >= 4 is 35.1 Å². The fraction of sp³-hybridized carbons (Fsp3) is 0.440. The minimum absolute atomic E-state index is 0.0589. The van der Waals surface area contributed by atoms with Gasteiger partial charge in [-0.3, -0.25) is 9.79 Å². The molecule has 1 aliphatic carbocycles. The molecule has 3 rings (SSSR count). The van der Waals surface area contributed by atoms with Crippen molar-refractivity contribution in [2.24, 2.45) is 16.8 Å². The number of hydrogen-bond donors (Lipinski definition) is 1. The maximum Gasteiger partial charge on any atom is 0.211 e. The Morgan fingerprint density at radius 3 is 2.68 bits per heavy atom. The first-order valence-electron chi connectivity index (χ1n) is 11.0. The molecule has 0 spiro atoms. The molecule has 0 saturated carbocycles. The predicted molar refractivity (Wildman–Crippen MR) is 132 cm³/mol. The highest BCUT2D eigenvalue weighted by molar-refractivity contribution is 6.33. The third-order valence-corrected chi connectivity index (χ3v) is 6.50. The van der Waals surface area contributed by atoms with Crippen LogP contribution in [0.5, 0.6) is 0 Å². The molecule has 31 heavy (non-hydrogen) atoms. The number of hydrogen-bond acceptors (Lipinski definition) is 4. The lowest BCUT2D eigenvalue weighted by Gasteiger charge is -2.34. The Balaban J connectivity index is 1.92. The van der Waals surface area contributed by atoms with E-state index in [1.807, 2.05) is 30.4 Å². The van der Waals surface area contributed by atoms with Crippen LogP contribution in [-0.2, 0) is 4.79 Å². The molecule has 166 valence electrons. The molecule has 2 aliphatic rings. The summed E-state index contributed by atoms with van der Waals surface area (Å²) >= 11 is 6.63. The number of piperazine rings is 1. The molecule has 2 unspecified atom stereocenters. The smallest absolute Gasteiger partial charge is 0.211 e. The second-order valence-corrected chi connectivity index (χ2v) is 8.71. The third-order valence-electron chi connectivity index (χ3n) is 6.20. The number of carbonyl (C=O) groups excluding carboxylic acids is 1. The van der Waals surface area contributed by atoms with Gasteiger partial charge in [-0.15, -0.1) is 0 Å². The van der Waals surface area contributed by atoms with Crippen molar-refractivity contribution in [1.29, 1.82) is 0 Å². The van der Waals surface area contributed by atoms with Crippen LogP contribution in [0.2, 0.25) is 5.02 Å². The Bertz CT molecular complexity index is 910. The van der Waals surface area contributed by atoms with Crippen molar-refractivity contribution < 1.29 is 4.79 Å². The summed E-state index contributed by atoms with van der Waals surface area (Å²) in [7, 11) is 2.15. The summed E-state index contributed by atoms with van der Waals surface area (Å²) in [6, 6.07) is 4.16. The maximum absolute atomic E-state index is 11.1. The Morgan fingerprint density at radius 2 is 2.00 bits per heavy atom. The summed E-state index contributed by atoms with van der Waals surface area (Å²) in [4.78, 5) is 20.9. The molecule has 1 saturated heterocycles. The van der Waals surface area contributed by atoms with Crippen LogP contribution in [-0.4, -0.2) is 50.2 Å². The molecule has 0 bridgehead atoms. The van der Waals surface area contributed by atoms with E-state index in [0.29, 0.717) is 0 Å². The summed E-state index contributed by atoms with van der Waals surface area (Å²) in [5.74, 6) is 0.200. The van der Waals surface area contributed by atoms with Gasteiger partial charge < -0.3 is 15.1 Å². The first-order chi connectivity index (χ1) is 14.9. The standard InChI is InChI=1S/C25H33ClN4O/c1-5-22(19(3)20-9-7-6-8-10-23(20)27-17-31)28-24-16-25(21(26)15-18(24)2)30-13-11-29(4)12-14-30/h6-10,15-17,19-20H,5,11-14H2,1-4H3,(H,27,31). The Labute approximate surface area is 191 Å². The van der Waals surface area contributed by atoms with E-state index in [1.54, 1.807) is 0 Å². The third kappa shape index (κ3) is 5.66. The van der Waals surface area contributed by atoms with Crippen LogP contribution in [0.4, 0.5) is 11.4 Å². The number of likely N-dealkylation sites (N-methyl/N-ethyl adjacent to an activating group) is 1. The molecule has 1 fully saturated rings. The Hall–Kier alpha value is -2.37. The summed E-state index contributed by atoms with van der Waals surface area (Å²) in [5.41, 5.74) is 5.08. The van der Waals surface area contributed by atoms with Gasteiger partial charge in [-0.1, -0.05) is 49.8 Å². The number of carbonyl (C=O) groups is 1. The molecular formula is C25H33ClN4O. The molecule has 1 amide bonds. The number of anilines is 1. The van der Waals surface area contributed by atoms with E-state index in [0.717, 1.165) is 72.4 Å². The van der Waals surface area contributed by atoms with Crippen molar-refractivity contribution in [3.63, 3.8) is 0 Å². The first kappa shape index (κ1) is 23.3. The lowest BCUT2D eigenvalue weighted by molar-refractivity contribution is -0.109. The Kier molecular flexibility index (Phi) is 8.10. The van der Waals surface area contributed by atoms with Crippen molar-refractivity contribution in [2.75, 3.05) is 38.1 Å². The summed E-state index contributed by atoms with van der Waals surface area (Å²) in [5, 5.41) is 3.65. The Morgan fingerprint density at radius 1 is 1.26 bits per heavy atom. The van der Waals surface area contributed by atoms with Crippen molar-refractivity contribution in [1.82, 2.24) is 10.2 Å². The van der Waals surface area contributed by atoms with Gasteiger partial charge in [0.05, 0.1) is 16.4 Å². The van der Waals surface area contributed by atoms with Crippen molar-refractivity contribution in [3.8, 4) is 0 Å². The molecule has 0 aromatic heterocycles. The van der Waals surface area contributed by atoms with Gasteiger partial charge in [-0.25, -0.2) is 0 Å². The molecule has 0 radical (unpaired) electrons. The molecule has 6 heteroatoms. The van der Waals surface area contributed by atoms with Gasteiger partial charge in [0.2, 0.25) is 6.41 Å². The average molecular weight is 441 g/mol. The zero-order valence-electron chi connectivity index (χ0n) is 18.9. The zero-order valence-corrected chi connectivity index (χ0v) is 19.7. The normalized spacial score (nSPS) is 20.9. The van der Waals surface area contributed by atoms with Gasteiger partial charge in [-0.2, -0.15) is 0 Å². The highest BCUT2D eigenvalue weighted by atomic mass is 35.5. The van der Waals surface area contributed by atoms with Crippen LogP contribution >= 0.6 is 11.6 Å².